The summed E-state index contributed by atoms with van der Waals surface area (Å²) in [6.07, 6.45) is 3.22. The molecule has 0 saturated carbocycles. The molecular formula is C12H13N3O. The Bertz CT molecular complexity index is 445. The van der Waals surface area contributed by atoms with Crippen molar-refractivity contribution in [3.63, 3.8) is 0 Å². The second-order valence-corrected chi connectivity index (χ2v) is 3.33. The highest BCUT2D eigenvalue weighted by atomic mass is 16.5. The molecule has 0 saturated heterocycles. The van der Waals surface area contributed by atoms with Crippen molar-refractivity contribution in [2.45, 2.75) is 13.2 Å². The standard InChI is InChI=1S/C12H13N3O/c13-6-11-7-14-8-12(15-11)16-9-10-4-2-1-3-5-10/h1-5,7-8H,6,9,13H2. The van der Waals surface area contributed by atoms with E-state index >= 15 is 0 Å². The molecule has 2 aromatic rings. The number of hydrogen-bond acceptors (Lipinski definition) is 4. The van der Waals surface area contributed by atoms with E-state index in [-0.39, 0.29) is 0 Å². The van der Waals surface area contributed by atoms with E-state index in [4.69, 9.17) is 10.5 Å². The van der Waals surface area contributed by atoms with Crippen molar-refractivity contribution in [3.8, 4) is 5.88 Å². The molecule has 0 amide bonds. The van der Waals surface area contributed by atoms with Gasteiger partial charge in [-0.1, -0.05) is 30.3 Å². The quantitative estimate of drug-likeness (QED) is 0.839. The predicted octanol–water partition coefficient (Wildman–Crippen LogP) is 1.51. The van der Waals surface area contributed by atoms with Crippen LogP contribution < -0.4 is 10.5 Å². The molecule has 0 aliphatic rings. The van der Waals surface area contributed by atoms with Crippen LogP contribution in [-0.2, 0) is 13.2 Å². The lowest BCUT2D eigenvalue weighted by atomic mass is 10.2. The summed E-state index contributed by atoms with van der Waals surface area (Å²) in [5.41, 5.74) is 7.29. The normalized spacial score (nSPS) is 10.1. The van der Waals surface area contributed by atoms with Crippen LogP contribution in [0.1, 0.15) is 11.3 Å². The minimum atomic E-state index is 0.371. The number of rotatable bonds is 4. The van der Waals surface area contributed by atoms with Crippen molar-refractivity contribution in [1.82, 2.24) is 9.97 Å². The summed E-state index contributed by atoms with van der Waals surface area (Å²) in [4.78, 5) is 8.20. The number of aromatic nitrogens is 2. The molecule has 0 atom stereocenters. The number of benzene rings is 1. The molecule has 0 radical (unpaired) electrons. The van der Waals surface area contributed by atoms with Gasteiger partial charge in [-0.3, -0.25) is 4.98 Å². The molecule has 2 N–H and O–H groups in total. The number of hydrogen-bond donors (Lipinski definition) is 1. The molecule has 4 heteroatoms. The summed E-state index contributed by atoms with van der Waals surface area (Å²) in [5.74, 6) is 0.506. The van der Waals surface area contributed by atoms with Crippen LogP contribution in [0.25, 0.3) is 0 Å². The van der Waals surface area contributed by atoms with Crippen molar-refractivity contribution in [2.24, 2.45) is 5.73 Å². The van der Waals surface area contributed by atoms with Crippen LogP contribution in [0.4, 0.5) is 0 Å². The zero-order valence-corrected chi connectivity index (χ0v) is 8.84. The second kappa shape index (κ2) is 5.23. The van der Waals surface area contributed by atoms with E-state index in [1.165, 1.54) is 0 Å². The summed E-state index contributed by atoms with van der Waals surface area (Å²) < 4.78 is 5.51. The van der Waals surface area contributed by atoms with Gasteiger partial charge in [-0.05, 0) is 5.56 Å². The molecule has 0 bridgehead atoms. The van der Waals surface area contributed by atoms with Gasteiger partial charge >= 0.3 is 0 Å². The largest absolute Gasteiger partial charge is 0.472 e. The maximum absolute atomic E-state index is 5.51. The summed E-state index contributed by atoms with van der Waals surface area (Å²) in [5, 5.41) is 0. The molecule has 82 valence electrons. The third-order valence-corrected chi connectivity index (χ3v) is 2.10. The Balaban J connectivity index is 1.99. The summed E-state index contributed by atoms with van der Waals surface area (Å²) >= 11 is 0. The monoisotopic (exact) mass is 215 g/mol. The Morgan fingerprint density at radius 1 is 1.12 bits per heavy atom. The van der Waals surface area contributed by atoms with Gasteiger partial charge in [0, 0.05) is 12.7 Å². The third-order valence-electron chi connectivity index (χ3n) is 2.10. The van der Waals surface area contributed by atoms with Crippen LogP contribution in [-0.4, -0.2) is 9.97 Å². The summed E-state index contributed by atoms with van der Waals surface area (Å²) in [6, 6.07) is 9.92. The molecule has 0 spiro atoms. The van der Waals surface area contributed by atoms with E-state index in [0.29, 0.717) is 19.0 Å². The smallest absolute Gasteiger partial charge is 0.232 e. The maximum atomic E-state index is 5.51. The predicted molar refractivity (Wildman–Crippen MR) is 60.7 cm³/mol. The molecule has 1 aromatic carbocycles. The van der Waals surface area contributed by atoms with Crippen molar-refractivity contribution in [1.29, 1.82) is 0 Å². The molecular weight excluding hydrogens is 202 g/mol. The van der Waals surface area contributed by atoms with Crippen molar-refractivity contribution in [2.75, 3.05) is 0 Å². The highest BCUT2D eigenvalue weighted by molar-refractivity contribution is 5.15. The first-order valence-electron chi connectivity index (χ1n) is 5.06. The number of ether oxygens (including phenoxy) is 1. The second-order valence-electron chi connectivity index (χ2n) is 3.33. The zero-order valence-electron chi connectivity index (χ0n) is 8.84. The molecule has 1 aromatic heterocycles. The number of nitrogens with zero attached hydrogens (tertiary/aromatic N) is 2. The van der Waals surface area contributed by atoms with Gasteiger partial charge in [0.2, 0.25) is 5.88 Å². The van der Waals surface area contributed by atoms with Crippen LogP contribution in [0.3, 0.4) is 0 Å². The van der Waals surface area contributed by atoms with E-state index in [2.05, 4.69) is 9.97 Å². The Morgan fingerprint density at radius 3 is 2.69 bits per heavy atom. The average Bonchev–Trinajstić information content (AvgIpc) is 2.38. The molecule has 0 aliphatic carbocycles. The molecule has 0 fully saturated rings. The van der Waals surface area contributed by atoms with Crippen LogP contribution >= 0.6 is 0 Å². The van der Waals surface area contributed by atoms with Crippen LogP contribution in [0.2, 0.25) is 0 Å². The summed E-state index contributed by atoms with van der Waals surface area (Å²) in [7, 11) is 0. The Labute approximate surface area is 94.1 Å². The van der Waals surface area contributed by atoms with Gasteiger partial charge in [0.1, 0.15) is 6.61 Å². The highest BCUT2D eigenvalue weighted by Gasteiger charge is 1.98. The lowest BCUT2D eigenvalue weighted by molar-refractivity contribution is 0.291. The third kappa shape index (κ3) is 2.77. The average molecular weight is 215 g/mol. The van der Waals surface area contributed by atoms with E-state index in [0.717, 1.165) is 11.3 Å². The Kier molecular flexibility index (Phi) is 3.46. The van der Waals surface area contributed by atoms with E-state index in [1.807, 2.05) is 30.3 Å². The van der Waals surface area contributed by atoms with Gasteiger partial charge in [0.15, 0.2) is 0 Å². The highest BCUT2D eigenvalue weighted by Crippen LogP contribution is 2.08. The fraction of sp³-hybridized carbons (Fsp3) is 0.167. The molecule has 0 aliphatic heterocycles. The minimum Gasteiger partial charge on any atom is -0.472 e. The molecule has 2 rings (SSSR count). The van der Waals surface area contributed by atoms with Gasteiger partial charge in [-0.15, -0.1) is 0 Å². The first-order chi connectivity index (χ1) is 7.88. The van der Waals surface area contributed by atoms with Crippen LogP contribution in [0, 0.1) is 0 Å². The van der Waals surface area contributed by atoms with E-state index in [9.17, 15) is 0 Å². The zero-order chi connectivity index (χ0) is 11.2. The van der Waals surface area contributed by atoms with Gasteiger partial charge in [-0.2, -0.15) is 0 Å². The van der Waals surface area contributed by atoms with Crippen molar-refractivity contribution in [3.05, 3.63) is 54.0 Å². The Morgan fingerprint density at radius 2 is 1.94 bits per heavy atom. The van der Waals surface area contributed by atoms with Gasteiger partial charge in [0.05, 0.1) is 11.9 Å². The van der Waals surface area contributed by atoms with Gasteiger partial charge in [0.25, 0.3) is 0 Å². The number of nitrogens with two attached hydrogens (primary N) is 1. The van der Waals surface area contributed by atoms with Crippen LogP contribution in [0.5, 0.6) is 5.88 Å². The fourth-order valence-corrected chi connectivity index (χ4v) is 1.29. The van der Waals surface area contributed by atoms with Gasteiger partial charge < -0.3 is 10.5 Å². The van der Waals surface area contributed by atoms with Gasteiger partial charge in [-0.25, -0.2) is 4.98 Å². The Hall–Kier alpha value is -1.94. The van der Waals surface area contributed by atoms with E-state index < -0.39 is 0 Å². The lowest BCUT2D eigenvalue weighted by Gasteiger charge is -2.05. The van der Waals surface area contributed by atoms with Crippen LogP contribution in [0.15, 0.2) is 42.7 Å². The van der Waals surface area contributed by atoms with E-state index in [1.54, 1.807) is 12.4 Å². The molecule has 1 heterocycles. The first kappa shape index (κ1) is 10.6. The lowest BCUT2D eigenvalue weighted by Crippen LogP contribution is -2.03. The first-order valence-corrected chi connectivity index (χ1v) is 5.06. The molecule has 16 heavy (non-hydrogen) atoms. The fourth-order valence-electron chi connectivity index (χ4n) is 1.29. The van der Waals surface area contributed by atoms with Crippen molar-refractivity contribution < 1.29 is 4.74 Å². The SMILES string of the molecule is NCc1cncc(OCc2ccccc2)n1. The molecule has 0 unspecified atom stereocenters. The topological polar surface area (TPSA) is 61.0 Å². The molecule has 4 nitrogen and oxygen atoms in total. The maximum Gasteiger partial charge on any atom is 0.232 e. The summed E-state index contributed by atoms with van der Waals surface area (Å²) in [6.45, 7) is 0.860. The van der Waals surface area contributed by atoms with Crippen molar-refractivity contribution >= 4 is 0 Å². The minimum absolute atomic E-state index is 0.371.